The Bertz CT molecular complexity index is 340. The molecule has 0 aliphatic carbocycles. The van der Waals surface area contributed by atoms with Gasteiger partial charge in [-0.2, -0.15) is 0 Å². The predicted octanol–water partition coefficient (Wildman–Crippen LogP) is 2.26. The third kappa shape index (κ3) is 4.02. The number of nitrogens with zero attached hydrogens (tertiary/aromatic N) is 1. The Balaban J connectivity index is 2.40. The molecule has 0 saturated heterocycles. The number of thiazole rings is 1. The molecule has 4 heteroatoms. The monoisotopic (exact) mass is 240 g/mol. The minimum absolute atomic E-state index is 0.217. The highest BCUT2D eigenvalue weighted by Crippen LogP contribution is 2.16. The predicted molar refractivity (Wildman–Crippen MR) is 68.1 cm³/mol. The summed E-state index contributed by atoms with van der Waals surface area (Å²) >= 11 is 1.62. The highest BCUT2D eigenvalue weighted by molar-refractivity contribution is 7.11. The van der Waals surface area contributed by atoms with Crippen molar-refractivity contribution in [1.29, 1.82) is 0 Å². The van der Waals surface area contributed by atoms with E-state index in [1.807, 2.05) is 13.8 Å². The van der Waals surface area contributed by atoms with E-state index in [0.29, 0.717) is 19.0 Å². The highest BCUT2D eigenvalue weighted by Gasteiger charge is 2.09. The number of aryl methyl sites for hydroxylation is 2. The Morgan fingerprint density at radius 1 is 1.50 bits per heavy atom. The smallest absolute Gasteiger partial charge is 0.153 e. The van der Waals surface area contributed by atoms with Gasteiger partial charge in [0.25, 0.3) is 0 Å². The Labute approximate surface area is 101 Å². The van der Waals surface area contributed by atoms with Gasteiger partial charge in [-0.3, -0.25) is 4.79 Å². The molecule has 0 bridgehead atoms. The van der Waals surface area contributed by atoms with Gasteiger partial charge in [-0.05, 0) is 27.2 Å². The first-order valence-electron chi connectivity index (χ1n) is 5.71. The van der Waals surface area contributed by atoms with Crippen molar-refractivity contribution in [1.82, 2.24) is 10.3 Å². The molecule has 1 atom stereocenters. The molecule has 0 aliphatic heterocycles. The van der Waals surface area contributed by atoms with Crippen LogP contribution in [-0.2, 0) is 11.2 Å². The van der Waals surface area contributed by atoms with Gasteiger partial charge in [-0.1, -0.05) is 6.92 Å². The van der Waals surface area contributed by atoms with Gasteiger partial charge >= 0.3 is 0 Å². The van der Waals surface area contributed by atoms with E-state index in [9.17, 15) is 4.79 Å². The number of aromatic nitrogens is 1. The lowest BCUT2D eigenvalue weighted by Crippen LogP contribution is -2.31. The maximum atomic E-state index is 11.7. The second kappa shape index (κ2) is 6.11. The SMILES string of the molecule is CCC(C)NCC(=O)Cc1nc(C)c(C)s1. The molecule has 0 saturated carbocycles. The summed E-state index contributed by atoms with van der Waals surface area (Å²) in [6.45, 7) is 8.67. The van der Waals surface area contributed by atoms with Crippen molar-refractivity contribution in [2.45, 2.75) is 46.6 Å². The Morgan fingerprint density at radius 3 is 2.69 bits per heavy atom. The summed E-state index contributed by atoms with van der Waals surface area (Å²) < 4.78 is 0. The van der Waals surface area contributed by atoms with Crippen LogP contribution in [0.5, 0.6) is 0 Å². The van der Waals surface area contributed by atoms with Gasteiger partial charge in [0.1, 0.15) is 5.01 Å². The lowest BCUT2D eigenvalue weighted by molar-refractivity contribution is -0.117. The maximum Gasteiger partial charge on any atom is 0.153 e. The Morgan fingerprint density at radius 2 is 2.19 bits per heavy atom. The highest BCUT2D eigenvalue weighted by atomic mass is 32.1. The first kappa shape index (κ1) is 13.3. The van der Waals surface area contributed by atoms with E-state index < -0.39 is 0 Å². The van der Waals surface area contributed by atoms with Crippen LogP contribution in [0.1, 0.15) is 35.8 Å². The number of ketones is 1. The van der Waals surface area contributed by atoms with E-state index in [-0.39, 0.29) is 5.78 Å². The second-order valence-corrected chi connectivity index (χ2v) is 5.44. The first-order chi connectivity index (χ1) is 7.52. The number of nitrogens with one attached hydrogen (secondary N) is 1. The lowest BCUT2D eigenvalue weighted by atomic mass is 10.2. The minimum atomic E-state index is 0.217. The third-order valence-corrected chi connectivity index (χ3v) is 3.75. The molecular formula is C12H20N2OS. The zero-order valence-electron chi connectivity index (χ0n) is 10.5. The van der Waals surface area contributed by atoms with Gasteiger partial charge in [-0.15, -0.1) is 11.3 Å². The van der Waals surface area contributed by atoms with Crippen LogP contribution < -0.4 is 5.32 Å². The van der Waals surface area contributed by atoms with Crippen molar-refractivity contribution in [3.05, 3.63) is 15.6 Å². The normalized spacial score (nSPS) is 12.8. The largest absolute Gasteiger partial charge is 0.307 e. The van der Waals surface area contributed by atoms with Crippen LogP contribution >= 0.6 is 11.3 Å². The summed E-state index contributed by atoms with van der Waals surface area (Å²) in [7, 11) is 0. The molecule has 1 rings (SSSR count). The fourth-order valence-corrected chi connectivity index (χ4v) is 2.24. The number of carbonyl (C=O) groups is 1. The molecule has 1 unspecified atom stereocenters. The molecule has 1 N–H and O–H groups in total. The van der Waals surface area contributed by atoms with Crippen molar-refractivity contribution >= 4 is 17.1 Å². The number of hydrogen-bond acceptors (Lipinski definition) is 4. The van der Waals surface area contributed by atoms with Crippen molar-refractivity contribution in [2.24, 2.45) is 0 Å². The van der Waals surface area contributed by atoms with E-state index in [0.717, 1.165) is 17.1 Å². The number of Topliss-reactive ketones (excluding diaryl/α,β-unsaturated/α-hetero) is 1. The van der Waals surface area contributed by atoms with E-state index in [1.54, 1.807) is 11.3 Å². The zero-order chi connectivity index (χ0) is 12.1. The molecule has 16 heavy (non-hydrogen) atoms. The fourth-order valence-electron chi connectivity index (χ4n) is 1.28. The third-order valence-electron chi connectivity index (χ3n) is 2.68. The molecule has 1 heterocycles. The van der Waals surface area contributed by atoms with Gasteiger partial charge in [0.05, 0.1) is 18.7 Å². The maximum absolute atomic E-state index is 11.7. The Kier molecular flexibility index (Phi) is 5.09. The van der Waals surface area contributed by atoms with Gasteiger partial charge < -0.3 is 5.32 Å². The average molecular weight is 240 g/mol. The van der Waals surface area contributed by atoms with Gasteiger partial charge in [0, 0.05) is 10.9 Å². The molecule has 0 fully saturated rings. The van der Waals surface area contributed by atoms with E-state index in [4.69, 9.17) is 0 Å². The van der Waals surface area contributed by atoms with Crippen LogP contribution in [0.2, 0.25) is 0 Å². The van der Waals surface area contributed by atoms with E-state index in [2.05, 4.69) is 24.1 Å². The topological polar surface area (TPSA) is 42.0 Å². The van der Waals surface area contributed by atoms with Gasteiger partial charge in [0.2, 0.25) is 0 Å². The molecule has 1 aromatic rings. The molecule has 3 nitrogen and oxygen atoms in total. The molecule has 0 aromatic carbocycles. The van der Waals surface area contributed by atoms with Gasteiger partial charge in [0.15, 0.2) is 5.78 Å². The lowest BCUT2D eigenvalue weighted by Gasteiger charge is -2.09. The van der Waals surface area contributed by atoms with Gasteiger partial charge in [-0.25, -0.2) is 4.98 Å². The van der Waals surface area contributed by atoms with Crippen LogP contribution in [0.15, 0.2) is 0 Å². The van der Waals surface area contributed by atoms with Crippen LogP contribution in [0.25, 0.3) is 0 Å². The zero-order valence-corrected chi connectivity index (χ0v) is 11.3. The number of hydrogen-bond donors (Lipinski definition) is 1. The summed E-state index contributed by atoms with van der Waals surface area (Å²) in [6.07, 6.45) is 1.51. The first-order valence-corrected chi connectivity index (χ1v) is 6.52. The minimum Gasteiger partial charge on any atom is -0.307 e. The van der Waals surface area contributed by atoms with Crippen LogP contribution in [0.4, 0.5) is 0 Å². The van der Waals surface area contributed by atoms with Crippen LogP contribution in [0.3, 0.4) is 0 Å². The molecule has 1 aromatic heterocycles. The summed E-state index contributed by atoms with van der Waals surface area (Å²) in [5, 5.41) is 4.14. The summed E-state index contributed by atoms with van der Waals surface area (Å²) in [6, 6.07) is 0.406. The molecule has 0 amide bonds. The number of carbonyl (C=O) groups excluding carboxylic acids is 1. The molecule has 0 spiro atoms. The second-order valence-electron chi connectivity index (χ2n) is 4.15. The van der Waals surface area contributed by atoms with Crippen molar-refractivity contribution in [3.63, 3.8) is 0 Å². The fraction of sp³-hybridized carbons (Fsp3) is 0.667. The van der Waals surface area contributed by atoms with Crippen LogP contribution in [0, 0.1) is 13.8 Å². The summed E-state index contributed by atoms with van der Waals surface area (Å²) in [5.74, 6) is 0.217. The molecular weight excluding hydrogens is 220 g/mol. The Hall–Kier alpha value is -0.740. The summed E-state index contributed by atoms with van der Waals surface area (Å²) in [5.41, 5.74) is 1.04. The number of rotatable bonds is 6. The van der Waals surface area contributed by atoms with Crippen molar-refractivity contribution in [3.8, 4) is 0 Å². The molecule has 0 radical (unpaired) electrons. The van der Waals surface area contributed by atoms with Crippen molar-refractivity contribution < 1.29 is 4.79 Å². The van der Waals surface area contributed by atoms with Crippen LogP contribution in [-0.4, -0.2) is 23.4 Å². The standard InChI is InChI=1S/C12H20N2OS/c1-5-8(2)13-7-11(15)6-12-14-9(3)10(4)16-12/h8,13H,5-7H2,1-4H3. The van der Waals surface area contributed by atoms with E-state index >= 15 is 0 Å². The van der Waals surface area contributed by atoms with E-state index in [1.165, 1.54) is 4.88 Å². The quantitative estimate of drug-likeness (QED) is 0.829. The average Bonchev–Trinajstić information content (AvgIpc) is 2.54. The molecule has 0 aliphatic rings. The van der Waals surface area contributed by atoms with Crippen molar-refractivity contribution in [2.75, 3.05) is 6.54 Å². The molecule has 90 valence electrons. The summed E-state index contributed by atoms with van der Waals surface area (Å²) in [4.78, 5) is 17.2.